The van der Waals surface area contributed by atoms with Gasteiger partial charge in [0.2, 0.25) is 11.8 Å². The molecule has 1 atom stereocenters. The summed E-state index contributed by atoms with van der Waals surface area (Å²) in [6, 6.07) is 0. The third-order valence-corrected chi connectivity index (χ3v) is 3.56. The van der Waals surface area contributed by atoms with Crippen molar-refractivity contribution in [3.8, 4) is 0 Å². The Bertz CT molecular complexity index is 326. The first-order chi connectivity index (χ1) is 7.43. The molecule has 0 amide bonds. The minimum Gasteiger partial charge on any atom is -0.425 e. The maximum absolute atomic E-state index is 5.76. The lowest BCUT2D eigenvalue weighted by molar-refractivity contribution is 0.305. The van der Waals surface area contributed by atoms with Crippen LogP contribution in [0.2, 0.25) is 0 Å². The van der Waals surface area contributed by atoms with Crippen molar-refractivity contribution in [2.24, 2.45) is 0 Å². The first kappa shape index (κ1) is 9.33. The van der Waals surface area contributed by atoms with Gasteiger partial charge in [-0.3, -0.25) is 0 Å². The van der Waals surface area contributed by atoms with E-state index in [0.717, 1.165) is 24.9 Å². The predicted octanol–water partition coefficient (Wildman–Crippen LogP) is 1.80. The Balaban J connectivity index is 1.71. The summed E-state index contributed by atoms with van der Waals surface area (Å²) in [5.41, 5.74) is 0. The van der Waals surface area contributed by atoms with Crippen molar-refractivity contribution in [3.05, 3.63) is 11.8 Å². The van der Waals surface area contributed by atoms with Crippen molar-refractivity contribution in [1.29, 1.82) is 0 Å². The van der Waals surface area contributed by atoms with Crippen molar-refractivity contribution in [1.82, 2.24) is 15.5 Å². The molecule has 2 heterocycles. The van der Waals surface area contributed by atoms with Crippen LogP contribution in [0.15, 0.2) is 4.42 Å². The molecular formula is C11H17N3O. The SMILES string of the molecule is C1CC(c2nnc(C3CCCNC3)o2)C1. The Kier molecular flexibility index (Phi) is 2.44. The summed E-state index contributed by atoms with van der Waals surface area (Å²) in [4.78, 5) is 0. The molecule has 0 spiro atoms. The van der Waals surface area contributed by atoms with Gasteiger partial charge in [0.05, 0.1) is 0 Å². The van der Waals surface area contributed by atoms with Gasteiger partial charge in [-0.1, -0.05) is 6.42 Å². The topological polar surface area (TPSA) is 51.0 Å². The predicted molar refractivity (Wildman–Crippen MR) is 55.7 cm³/mol. The summed E-state index contributed by atoms with van der Waals surface area (Å²) in [5, 5.41) is 11.7. The second kappa shape index (κ2) is 3.93. The molecule has 1 aliphatic carbocycles. The Morgan fingerprint density at radius 1 is 1.00 bits per heavy atom. The van der Waals surface area contributed by atoms with E-state index < -0.39 is 0 Å². The first-order valence-electron chi connectivity index (χ1n) is 5.97. The summed E-state index contributed by atoms with van der Waals surface area (Å²) >= 11 is 0. The van der Waals surface area contributed by atoms with E-state index in [0.29, 0.717) is 11.8 Å². The van der Waals surface area contributed by atoms with Gasteiger partial charge >= 0.3 is 0 Å². The molecule has 4 nitrogen and oxygen atoms in total. The van der Waals surface area contributed by atoms with Gasteiger partial charge in [0.15, 0.2) is 0 Å². The summed E-state index contributed by atoms with van der Waals surface area (Å²) in [6.45, 7) is 2.12. The summed E-state index contributed by atoms with van der Waals surface area (Å²) in [7, 11) is 0. The monoisotopic (exact) mass is 207 g/mol. The van der Waals surface area contributed by atoms with Crippen molar-refractivity contribution in [3.63, 3.8) is 0 Å². The fraction of sp³-hybridized carbons (Fsp3) is 0.818. The van der Waals surface area contributed by atoms with Gasteiger partial charge in [-0.25, -0.2) is 0 Å². The zero-order valence-electron chi connectivity index (χ0n) is 8.91. The lowest BCUT2D eigenvalue weighted by atomic mass is 9.85. The summed E-state index contributed by atoms with van der Waals surface area (Å²) in [5.74, 6) is 2.73. The third-order valence-electron chi connectivity index (χ3n) is 3.56. The molecule has 1 saturated carbocycles. The second-order valence-electron chi connectivity index (χ2n) is 4.65. The van der Waals surface area contributed by atoms with Gasteiger partial charge in [0.1, 0.15) is 0 Å². The zero-order chi connectivity index (χ0) is 10.1. The Labute approximate surface area is 89.5 Å². The Morgan fingerprint density at radius 3 is 2.33 bits per heavy atom. The molecular weight excluding hydrogens is 190 g/mol. The number of piperidine rings is 1. The lowest BCUT2D eigenvalue weighted by Crippen LogP contribution is -2.28. The highest BCUT2D eigenvalue weighted by atomic mass is 16.4. The molecule has 1 unspecified atom stereocenters. The second-order valence-corrected chi connectivity index (χ2v) is 4.65. The van der Waals surface area contributed by atoms with E-state index in [1.165, 1.54) is 32.1 Å². The molecule has 15 heavy (non-hydrogen) atoms. The summed E-state index contributed by atoms with van der Waals surface area (Å²) in [6.07, 6.45) is 6.16. The van der Waals surface area contributed by atoms with Gasteiger partial charge in [0.25, 0.3) is 0 Å². The Morgan fingerprint density at radius 2 is 1.73 bits per heavy atom. The minimum absolute atomic E-state index is 0.445. The van der Waals surface area contributed by atoms with Gasteiger partial charge in [-0.05, 0) is 32.2 Å². The van der Waals surface area contributed by atoms with E-state index in [9.17, 15) is 0 Å². The molecule has 82 valence electrons. The normalized spacial score (nSPS) is 27.6. The molecule has 1 aromatic rings. The highest BCUT2D eigenvalue weighted by Gasteiger charge is 2.27. The number of rotatable bonds is 2. The Hall–Kier alpha value is -0.900. The molecule has 0 radical (unpaired) electrons. The zero-order valence-corrected chi connectivity index (χ0v) is 8.91. The number of nitrogens with zero attached hydrogens (tertiary/aromatic N) is 2. The molecule has 1 aromatic heterocycles. The van der Waals surface area contributed by atoms with E-state index in [-0.39, 0.29) is 0 Å². The van der Waals surface area contributed by atoms with Gasteiger partial charge in [0, 0.05) is 18.4 Å². The average Bonchev–Trinajstić information content (AvgIpc) is 2.66. The minimum atomic E-state index is 0.445. The van der Waals surface area contributed by atoms with Crippen molar-refractivity contribution < 1.29 is 4.42 Å². The molecule has 4 heteroatoms. The van der Waals surface area contributed by atoms with Crippen LogP contribution in [0.25, 0.3) is 0 Å². The molecule has 3 rings (SSSR count). The van der Waals surface area contributed by atoms with E-state index in [4.69, 9.17) is 4.42 Å². The standard InChI is InChI=1S/C11H17N3O/c1-3-8(4-1)10-13-14-11(15-10)9-5-2-6-12-7-9/h8-9,12H,1-7H2. The van der Waals surface area contributed by atoms with Crippen LogP contribution in [0, 0.1) is 0 Å². The fourth-order valence-electron chi connectivity index (χ4n) is 2.29. The lowest BCUT2D eigenvalue weighted by Gasteiger charge is -2.21. The number of aromatic nitrogens is 2. The summed E-state index contributed by atoms with van der Waals surface area (Å²) < 4.78 is 5.76. The van der Waals surface area contributed by atoms with Crippen LogP contribution in [-0.4, -0.2) is 23.3 Å². The van der Waals surface area contributed by atoms with Crippen LogP contribution in [0.1, 0.15) is 55.7 Å². The van der Waals surface area contributed by atoms with Crippen LogP contribution >= 0.6 is 0 Å². The van der Waals surface area contributed by atoms with Crippen LogP contribution in [0.3, 0.4) is 0 Å². The van der Waals surface area contributed by atoms with E-state index in [1.807, 2.05) is 0 Å². The number of hydrogen-bond acceptors (Lipinski definition) is 4. The fourth-order valence-corrected chi connectivity index (χ4v) is 2.29. The highest BCUT2D eigenvalue weighted by Crippen LogP contribution is 2.36. The molecule has 0 bridgehead atoms. The molecule has 1 saturated heterocycles. The van der Waals surface area contributed by atoms with E-state index in [2.05, 4.69) is 15.5 Å². The molecule has 0 aromatic carbocycles. The molecule has 1 aliphatic heterocycles. The van der Waals surface area contributed by atoms with Crippen molar-refractivity contribution in [2.45, 2.75) is 43.9 Å². The smallest absolute Gasteiger partial charge is 0.220 e. The van der Waals surface area contributed by atoms with Gasteiger partial charge in [-0.2, -0.15) is 0 Å². The molecule has 2 fully saturated rings. The van der Waals surface area contributed by atoms with Crippen molar-refractivity contribution in [2.75, 3.05) is 13.1 Å². The largest absolute Gasteiger partial charge is 0.425 e. The third kappa shape index (κ3) is 1.78. The maximum Gasteiger partial charge on any atom is 0.220 e. The quantitative estimate of drug-likeness (QED) is 0.803. The van der Waals surface area contributed by atoms with Crippen LogP contribution < -0.4 is 5.32 Å². The van der Waals surface area contributed by atoms with Gasteiger partial charge in [-0.15, -0.1) is 10.2 Å². The number of hydrogen-bond donors (Lipinski definition) is 1. The highest BCUT2D eigenvalue weighted by molar-refractivity contribution is 5.00. The first-order valence-corrected chi connectivity index (χ1v) is 5.97. The molecule has 1 N–H and O–H groups in total. The number of nitrogens with one attached hydrogen (secondary N) is 1. The van der Waals surface area contributed by atoms with Crippen molar-refractivity contribution >= 4 is 0 Å². The van der Waals surface area contributed by atoms with E-state index >= 15 is 0 Å². The van der Waals surface area contributed by atoms with Crippen LogP contribution in [-0.2, 0) is 0 Å². The van der Waals surface area contributed by atoms with Gasteiger partial charge < -0.3 is 9.73 Å². The molecule has 2 aliphatic rings. The van der Waals surface area contributed by atoms with E-state index in [1.54, 1.807) is 0 Å². The van der Waals surface area contributed by atoms with Crippen LogP contribution in [0.5, 0.6) is 0 Å². The maximum atomic E-state index is 5.76. The average molecular weight is 207 g/mol. The van der Waals surface area contributed by atoms with Crippen LogP contribution in [0.4, 0.5) is 0 Å².